The Balaban J connectivity index is 0.000000720. The molecule has 3 N–H and O–H groups in total. The first kappa shape index (κ1) is 12.6. The first-order chi connectivity index (χ1) is 5.36. The molecule has 0 aromatic rings. The minimum atomic E-state index is 0. The smallest absolute Gasteiger partial charge is 0.119 e. The van der Waals surface area contributed by atoms with E-state index >= 15 is 0 Å². The number of nitrogens with zero attached hydrogens (tertiary/aromatic N) is 1. The van der Waals surface area contributed by atoms with Crippen molar-refractivity contribution in [2.75, 3.05) is 20.1 Å². The molecule has 2 aliphatic rings. The molecule has 6 heteroatoms. The van der Waals surface area contributed by atoms with E-state index in [0.717, 1.165) is 18.9 Å². The van der Waals surface area contributed by atoms with Gasteiger partial charge in [0.2, 0.25) is 0 Å². The van der Waals surface area contributed by atoms with E-state index in [0.29, 0.717) is 0 Å². The molecule has 0 aromatic heterocycles. The molecule has 2 rings (SSSR count). The second-order valence-electron chi connectivity index (χ2n) is 2.78. The summed E-state index contributed by atoms with van der Waals surface area (Å²) in [4.78, 5) is 0. The van der Waals surface area contributed by atoms with E-state index in [2.05, 4.69) is 28.4 Å². The summed E-state index contributed by atoms with van der Waals surface area (Å²) in [5, 5.41) is 5.23. The zero-order chi connectivity index (χ0) is 7.68. The number of likely N-dealkylation sites (N-methyl/N-ethyl adjacent to an activating group) is 1. The fraction of sp³-hybridized carbons (Fsp3) is 0.429. The van der Waals surface area contributed by atoms with Gasteiger partial charge in [-0.1, -0.05) is 12.2 Å². The Kier molecular flexibility index (Phi) is 5.17. The largest absolute Gasteiger partial charge is 0.367 e. The number of hydrogen-bond acceptors (Lipinski definition) is 4. The summed E-state index contributed by atoms with van der Waals surface area (Å²) in [7, 11) is 2.00. The van der Waals surface area contributed by atoms with E-state index in [1.54, 1.807) is 0 Å². The minimum Gasteiger partial charge on any atom is -0.367 e. The highest BCUT2D eigenvalue weighted by molar-refractivity contribution is 5.85. The second-order valence-corrected chi connectivity index (χ2v) is 2.78. The number of halogens is 2. The third kappa shape index (κ3) is 2.77. The van der Waals surface area contributed by atoms with Crippen molar-refractivity contribution in [3.05, 3.63) is 23.5 Å². The zero-order valence-electron chi connectivity index (χ0n) is 7.33. The lowest BCUT2D eigenvalue weighted by Crippen LogP contribution is -2.53. The Morgan fingerprint density at radius 3 is 2.92 bits per heavy atom. The minimum absolute atomic E-state index is 0. The number of hydrazine groups is 2. The molecule has 2 heterocycles. The van der Waals surface area contributed by atoms with Gasteiger partial charge in [0.15, 0.2) is 0 Å². The van der Waals surface area contributed by atoms with Gasteiger partial charge in [-0.05, 0) is 0 Å². The summed E-state index contributed by atoms with van der Waals surface area (Å²) in [6.45, 7) is 1.85. The van der Waals surface area contributed by atoms with Gasteiger partial charge in [-0.2, -0.15) is 5.53 Å². The summed E-state index contributed by atoms with van der Waals surface area (Å²) in [6, 6.07) is 0. The van der Waals surface area contributed by atoms with E-state index in [9.17, 15) is 0 Å². The highest BCUT2D eigenvalue weighted by Gasteiger charge is 2.14. The standard InChI is InChI=1S/C7H12N4.2ClH/c1-11-5-6-3-2-4-8-7(6)9-10-11;;/h2-3,8-10H,4-5H2,1H3;2*1H. The summed E-state index contributed by atoms with van der Waals surface area (Å²) >= 11 is 0. The van der Waals surface area contributed by atoms with Crippen LogP contribution in [-0.2, 0) is 0 Å². The SMILES string of the molecule is CN1CC2=C(NCC=C2)NN1.Cl.Cl. The van der Waals surface area contributed by atoms with Crippen LogP contribution in [0.25, 0.3) is 0 Å². The Labute approximate surface area is 90.2 Å². The normalized spacial score (nSPS) is 20.4. The summed E-state index contributed by atoms with van der Waals surface area (Å²) in [5.74, 6) is 1.10. The average Bonchev–Trinajstić information content (AvgIpc) is 2.04. The van der Waals surface area contributed by atoms with Gasteiger partial charge >= 0.3 is 0 Å². The predicted octanol–water partition coefficient (Wildman–Crippen LogP) is 0.156. The van der Waals surface area contributed by atoms with Gasteiger partial charge in [-0.3, -0.25) is 5.43 Å². The van der Waals surface area contributed by atoms with Gasteiger partial charge in [0, 0.05) is 25.7 Å². The molecule has 13 heavy (non-hydrogen) atoms. The molecule has 0 bridgehead atoms. The van der Waals surface area contributed by atoms with Gasteiger partial charge < -0.3 is 5.32 Å². The van der Waals surface area contributed by atoms with Gasteiger partial charge in [0.1, 0.15) is 5.82 Å². The lowest BCUT2D eigenvalue weighted by molar-refractivity contribution is 0.200. The maximum Gasteiger partial charge on any atom is 0.119 e. The summed E-state index contributed by atoms with van der Waals surface area (Å²) in [5.41, 5.74) is 7.38. The van der Waals surface area contributed by atoms with Gasteiger partial charge in [-0.15, -0.1) is 24.8 Å². The molecule has 0 aliphatic carbocycles. The van der Waals surface area contributed by atoms with Crippen LogP contribution in [0.4, 0.5) is 0 Å². The van der Waals surface area contributed by atoms with Crippen LogP contribution in [0.2, 0.25) is 0 Å². The molecule has 4 nitrogen and oxygen atoms in total. The molecule has 0 spiro atoms. The Morgan fingerprint density at radius 2 is 2.15 bits per heavy atom. The van der Waals surface area contributed by atoms with Crippen molar-refractivity contribution >= 4 is 24.8 Å². The highest BCUT2D eigenvalue weighted by Crippen LogP contribution is 2.08. The summed E-state index contributed by atoms with van der Waals surface area (Å²) < 4.78 is 0. The van der Waals surface area contributed by atoms with Crippen molar-refractivity contribution in [3.63, 3.8) is 0 Å². The predicted molar refractivity (Wildman–Crippen MR) is 57.6 cm³/mol. The Bertz CT molecular complexity index is 227. The van der Waals surface area contributed by atoms with Crippen molar-refractivity contribution in [2.45, 2.75) is 0 Å². The lowest BCUT2D eigenvalue weighted by atomic mass is 10.2. The number of hydrogen-bond donors (Lipinski definition) is 3. The van der Waals surface area contributed by atoms with Crippen LogP contribution in [0.3, 0.4) is 0 Å². The molecule has 0 radical (unpaired) electrons. The van der Waals surface area contributed by atoms with Crippen molar-refractivity contribution < 1.29 is 0 Å². The maximum absolute atomic E-state index is 3.23. The van der Waals surface area contributed by atoms with Crippen molar-refractivity contribution in [1.29, 1.82) is 0 Å². The molecule has 2 aliphatic heterocycles. The second kappa shape index (κ2) is 5.34. The average molecular weight is 225 g/mol. The van der Waals surface area contributed by atoms with Crippen LogP contribution in [-0.4, -0.2) is 25.1 Å². The van der Waals surface area contributed by atoms with Crippen LogP contribution in [0.5, 0.6) is 0 Å². The molecule has 0 unspecified atom stereocenters. The molecular formula is C7H14Cl2N4. The van der Waals surface area contributed by atoms with E-state index in [4.69, 9.17) is 0 Å². The first-order valence-corrected chi connectivity index (χ1v) is 3.72. The number of nitrogens with one attached hydrogen (secondary N) is 3. The van der Waals surface area contributed by atoms with Gasteiger partial charge in [0.05, 0.1) is 0 Å². The fourth-order valence-electron chi connectivity index (χ4n) is 1.26. The van der Waals surface area contributed by atoms with Crippen LogP contribution in [0, 0.1) is 0 Å². The first-order valence-electron chi connectivity index (χ1n) is 3.72. The maximum atomic E-state index is 3.23. The third-order valence-electron chi connectivity index (χ3n) is 1.82. The molecular weight excluding hydrogens is 211 g/mol. The molecule has 0 saturated carbocycles. The molecule has 0 aromatic carbocycles. The van der Waals surface area contributed by atoms with Crippen molar-refractivity contribution in [3.8, 4) is 0 Å². The Hall–Kier alpha value is -0.420. The van der Waals surface area contributed by atoms with E-state index < -0.39 is 0 Å². The monoisotopic (exact) mass is 224 g/mol. The van der Waals surface area contributed by atoms with E-state index in [-0.39, 0.29) is 24.8 Å². The highest BCUT2D eigenvalue weighted by atomic mass is 35.5. The van der Waals surface area contributed by atoms with Crippen LogP contribution >= 0.6 is 24.8 Å². The molecule has 0 atom stereocenters. The van der Waals surface area contributed by atoms with Crippen molar-refractivity contribution in [2.24, 2.45) is 0 Å². The molecule has 76 valence electrons. The van der Waals surface area contributed by atoms with Crippen molar-refractivity contribution in [1.82, 2.24) is 21.3 Å². The Morgan fingerprint density at radius 1 is 1.38 bits per heavy atom. The fourth-order valence-corrected chi connectivity index (χ4v) is 1.26. The van der Waals surface area contributed by atoms with E-state index in [1.165, 1.54) is 5.57 Å². The van der Waals surface area contributed by atoms with E-state index in [1.807, 2.05) is 12.1 Å². The topological polar surface area (TPSA) is 39.3 Å². The summed E-state index contributed by atoms with van der Waals surface area (Å²) in [6.07, 6.45) is 4.27. The lowest BCUT2D eigenvalue weighted by Gasteiger charge is -2.30. The molecule has 0 saturated heterocycles. The third-order valence-corrected chi connectivity index (χ3v) is 1.82. The zero-order valence-corrected chi connectivity index (χ0v) is 8.97. The van der Waals surface area contributed by atoms with Gasteiger partial charge in [0.25, 0.3) is 0 Å². The number of dihydropyridines is 1. The van der Waals surface area contributed by atoms with Crippen LogP contribution in [0.1, 0.15) is 0 Å². The van der Waals surface area contributed by atoms with Gasteiger partial charge in [-0.25, -0.2) is 5.01 Å². The van der Waals surface area contributed by atoms with Crippen LogP contribution < -0.4 is 16.3 Å². The quantitative estimate of drug-likeness (QED) is 0.549. The molecule has 0 amide bonds. The van der Waals surface area contributed by atoms with Crippen LogP contribution in [0.15, 0.2) is 23.5 Å². The number of rotatable bonds is 0. The molecule has 0 fully saturated rings.